The fourth-order valence-corrected chi connectivity index (χ4v) is 5.61. The van der Waals surface area contributed by atoms with Gasteiger partial charge in [-0.05, 0) is 25.8 Å². The van der Waals surface area contributed by atoms with Gasteiger partial charge in [-0.3, -0.25) is 4.79 Å². The van der Waals surface area contributed by atoms with Gasteiger partial charge in [-0.2, -0.15) is 4.31 Å². The number of hydrogen-bond donors (Lipinski definition) is 0. The molecule has 1 aromatic rings. The second kappa shape index (κ2) is 8.06. The molecule has 2 aliphatic rings. The summed E-state index contributed by atoms with van der Waals surface area (Å²) < 4.78 is 32.0. The number of benzene rings is 1. The summed E-state index contributed by atoms with van der Waals surface area (Å²) in [5.74, 6) is 1.03. The highest BCUT2D eigenvalue weighted by molar-refractivity contribution is 7.89. The third-order valence-electron chi connectivity index (χ3n) is 5.56. The van der Waals surface area contributed by atoms with Crippen LogP contribution < -0.4 is 9.64 Å². The lowest BCUT2D eigenvalue weighted by Gasteiger charge is -2.36. The van der Waals surface area contributed by atoms with Crippen molar-refractivity contribution in [3.63, 3.8) is 0 Å². The van der Waals surface area contributed by atoms with Crippen LogP contribution in [0.25, 0.3) is 0 Å². The Bertz CT molecular complexity index is 788. The first-order valence-electron chi connectivity index (χ1n) is 9.48. The average molecular weight is 396 g/mol. The van der Waals surface area contributed by atoms with Crippen LogP contribution in [0.2, 0.25) is 0 Å². The lowest BCUT2D eigenvalue weighted by molar-refractivity contribution is -0.129. The number of sulfonamides is 1. The fourth-order valence-electron chi connectivity index (χ4n) is 3.86. The zero-order valence-corrected chi connectivity index (χ0v) is 17.2. The first kappa shape index (κ1) is 19.9. The van der Waals surface area contributed by atoms with Gasteiger partial charge in [0.1, 0.15) is 5.75 Å². The molecule has 0 aromatic heterocycles. The van der Waals surface area contributed by atoms with Crippen molar-refractivity contribution < 1.29 is 17.9 Å². The molecule has 0 radical (unpaired) electrons. The molecule has 2 heterocycles. The summed E-state index contributed by atoms with van der Waals surface area (Å²) in [6.07, 6.45) is 1.61. The molecule has 1 atom stereocenters. The van der Waals surface area contributed by atoms with Crippen molar-refractivity contribution in [3.05, 3.63) is 23.8 Å². The van der Waals surface area contributed by atoms with Gasteiger partial charge in [-0.15, -0.1) is 0 Å². The third-order valence-corrected chi connectivity index (χ3v) is 7.57. The van der Waals surface area contributed by atoms with E-state index in [0.29, 0.717) is 25.4 Å². The Hall–Kier alpha value is -1.80. The summed E-state index contributed by atoms with van der Waals surface area (Å²) in [6.45, 7) is 6.88. The van der Waals surface area contributed by atoms with Gasteiger partial charge in [0.25, 0.3) is 0 Å². The smallest absolute Gasteiger partial charge is 0.219 e. The van der Waals surface area contributed by atoms with E-state index in [9.17, 15) is 13.2 Å². The Kier molecular flexibility index (Phi) is 5.95. The molecule has 0 N–H and O–H groups in total. The highest BCUT2D eigenvalue weighted by Crippen LogP contribution is 2.30. The molecule has 1 amide bonds. The standard InChI is InChI=1S/C19H29N3O4S/c1-15-5-4-12-27(24,25)22(15)14-17-6-7-18(13-19(17)26-3)21-10-8-20(9-11-21)16(2)23/h6-7,13,15H,4-5,8-12,14H2,1-3H3. The predicted octanol–water partition coefficient (Wildman–Crippen LogP) is 1.68. The van der Waals surface area contributed by atoms with Crippen LogP contribution in [0.5, 0.6) is 5.75 Å². The number of hydrogen-bond acceptors (Lipinski definition) is 5. The molecule has 2 saturated heterocycles. The SMILES string of the molecule is COc1cc(N2CCN(C(C)=O)CC2)ccc1CN1C(C)CCCS1(=O)=O. The number of amides is 1. The normalized spacial score (nSPS) is 23.3. The van der Waals surface area contributed by atoms with Gasteiger partial charge < -0.3 is 14.5 Å². The first-order chi connectivity index (χ1) is 12.8. The molecule has 0 aliphatic carbocycles. The molecule has 0 bridgehead atoms. The highest BCUT2D eigenvalue weighted by atomic mass is 32.2. The zero-order chi connectivity index (χ0) is 19.6. The summed E-state index contributed by atoms with van der Waals surface area (Å²) in [5, 5.41) is 0. The van der Waals surface area contributed by atoms with Crippen molar-refractivity contribution in [2.24, 2.45) is 0 Å². The minimum atomic E-state index is -3.21. The van der Waals surface area contributed by atoms with E-state index in [1.54, 1.807) is 18.3 Å². The average Bonchev–Trinajstić information content (AvgIpc) is 2.64. The van der Waals surface area contributed by atoms with Crippen molar-refractivity contribution in [2.45, 2.75) is 39.3 Å². The Morgan fingerprint density at radius 2 is 1.93 bits per heavy atom. The van der Waals surface area contributed by atoms with Gasteiger partial charge in [-0.25, -0.2) is 8.42 Å². The van der Waals surface area contributed by atoms with Gasteiger partial charge >= 0.3 is 0 Å². The highest BCUT2D eigenvalue weighted by Gasteiger charge is 2.32. The van der Waals surface area contributed by atoms with E-state index in [-0.39, 0.29) is 17.7 Å². The molecule has 0 saturated carbocycles. The van der Waals surface area contributed by atoms with Crippen LogP contribution in [0.4, 0.5) is 5.69 Å². The molecule has 1 aromatic carbocycles. The van der Waals surface area contributed by atoms with Crippen molar-refractivity contribution >= 4 is 21.6 Å². The molecule has 1 unspecified atom stereocenters. The van der Waals surface area contributed by atoms with Crippen molar-refractivity contribution in [3.8, 4) is 5.75 Å². The number of piperazine rings is 1. The van der Waals surface area contributed by atoms with Crippen LogP contribution in [0.1, 0.15) is 32.3 Å². The Labute approximate surface area is 161 Å². The molecule has 0 spiro atoms. The number of nitrogens with zero attached hydrogens (tertiary/aromatic N) is 3. The molecule has 8 heteroatoms. The Morgan fingerprint density at radius 3 is 2.52 bits per heavy atom. The van der Waals surface area contributed by atoms with E-state index in [2.05, 4.69) is 4.90 Å². The summed E-state index contributed by atoms with van der Waals surface area (Å²) in [6, 6.07) is 5.96. The number of rotatable bonds is 4. The number of carbonyl (C=O) groups is 1. The van der Waals surface area contributed by atoms with Gasteiger partial charge in [-0.1, -0.05) is 6.07 Å². The van der Waals surface area contributed by atoms with E-state index >= 15 is 0 Å². The van der Waals surface area contributed by atoms with Crippen LogP contribution >= 0.6 is 0 Å². The molecule has 2 aliphatic heterocycles. The van der Waals surface area contributed by atoms with Crippen molar-refractivity contribution in [1.29, 1.82) is 0 Å². The minimum Gasteiger partial charge on any atom is -0.496 e. The molecule has 3 rings (SSSR count). The van der Waals surface area contributed by atoms with E-state index in [1.165, 1.54) is 0 Å². The maximum Gasteiger partial charge on any atom is 0.219 e. The lowest BCUT2D eigenvalue weighted by Crippen LogP contribution is -2.48. The van der Waals surface area contributed by atoms with Crippen LogP contribution in [-0.4, -0.2) is 68.6 Å². The maximum absolute atomic E-state index is 12.4. The molecular formula is C19H29N3O4S. The summed E-state index contributed by atoms with van der Waals surface area (Å²) in [5.41, 5.74) is 1.91. The molecule has 7 nitrogen and oxygen atoms in total. The van der Waals surface area contributed by atoms with Crippen LogP contribution in [-0.2, 0) is 21.4 Å². The number of carbonyl (C=O) groups excluding carboxylic acids is 1. The second-order valence-electron chi connectivity index (χ2n) is 7.34. The molecular weight excluding hydrogens is 366 g/mol. The monoisotopic (exact) mass is 395 g/mol. The molecule has 150 valence electrons. The van der Waals surface area contributed by atoms with Crippen LogP contribution in [0.3, 0.4) is 0 Å². The predicted molar refractivity (Wildman–Crippen MR) is 105 cm³/mol. The third kappa shape index (κ3) is 4.38. The van der Waals surface area contributed by atoms with Gasteiger partial charge in [0, 0.05) is 63.0 Å². The maximum atomic E-state index is 12.4. The summed E-state index contributed by atoms with van der Waals surface area (Å²) in [4.78, 5) is 15.6. The molecule has 27 heavy (non-hydrogen) atoms. The van der Waals surface area contributed by atoms with Crippen LogP contribution in [0.15, 0.2) is 18.2 Å². The summed E-state index contributed by atoms with van der Waals surface area (Å²) >= 11 is 0. The lowest BCUT2D eigenvalue weighted by atomic mass is 10.1. The number of methoxy groups -OCH3 is 1. The van der Waals surface area contributed by atoms with E-state index < -0.39 is 10.0 Å². The van der Waals surface area contributed by atoms with E-state index in [0.717, 1.165) is 37.2 Å². The fraction of sp³-hybridized carbons (Fsp3) is 0.632. The van der Waals surface area contributed by atoms with E-state index in [4.69, 9.17) is 4.74 Å². The minimum absolute atomic E-state index is 0.00721. The number of ether oxygens (including phenoxy) is 1. The van der Waals surface area contributed by atoms with Gasteiger partial charge in [0.05, 0.1) is 12.9 Å². The summed E-state index contributed by atoms with van der Waals surface area (Å²) in [7, 11) is -1.60. The van der Waals surface area contributed by atoms with E-state index in [1.807, 2.05) is 30.0 Å². The zero-order valence-electron chi connectivity index (χ0n) is 16.3. The van der Waals surface area contributed by atoms with Gasteiger partial charge in [0.2, 0.25) is 15.9 Å². The van der Waals surface area contributed by atoms with Crippen molar-refractivity contribution in [1.82, 2.24) is 9.21 Å². The first-order valence-corrected chi connectivity index (χ1v) is 11.1. The van der Waals surface area contributed by atoms with Crippen molar-refractivity contribution in [2.75, 3.05) is 43.9 Å². The largest absolute Gasteiger partial charge is 0.496 e. The van der Waals surface area contributed by atoms with Crippen LogP contribution in [0, 0.1) is 0 Å². The van der Waals surface area contributed by atoms with Gasteiger partial charge in [0.15, 0.2) is 0 Å². The molecule has 2 fully saturated rings. The number of anilines is 1. The second-order valence-corrected chi connectivity index (χ2v) is 9.38. The Balaban J connectivity index is 1.76. The Morgan fingerprint density at radius 1 is 1.22 bits per heavy atom. The quantitative estimate of drug-likeness (QED) is 0.776. The topological polar surface area (TPSA) is 70.2 Å².